The number of amides is 1. The summed E-state index contributed by atoms with van der Waals surface area (Å²) in [6.07, 6.45) is -1.17. The van der Waals surface area contributed by atoms with E-state index in [1.165, 1.54) is 25.1 Å². The van der Waals surface area contributed by atoms with Crippen LogP contribution < -0.4 is 5.32 Å². The van der Waals surface area contributed by atoms with Gasteiger partial charge in [0, 0.05) is 16.1 Å². The van der Waals surface area contributed by atoms with Crippen LogP contribution in [0.3, 0.4) is 0 Å². The number of rotatable bonds is 6. The number of pyridine rings is 1. The molecule has 0 spiro atoms. The number of esters is 1. The van der Waals surface area contributed by atoms with Gasteiger partial charge < -0.3 is 10.1 Å². The van der Waals surface area contributed by atoms with Gasteiger partial charge in [-0.3, -0.25) is 19.9 Å². The molecule has 0 saturated carbocycles. The number of carbonyl (C=O) groups is 2. The number of benzene rings is 2. The Hall–Kier alpha value is -3.59. The molecule has 158 valence electrons. The van der Waals surface area contributed by atoms with E-state index < -0.39 is 22.9 Å². The van der Waals surface area contributed by atoms with Gasteiger partial charge in [0.2, 0.25) is 0 Å². The summed E-state index contributed by atoms with van der Waals surface area (Å²) in [6, 6.07) is 16.6. The molecule has 1 N–H and O–H groups in total. The summed E-state index contributed by atoms with van der Waals surface area (Å²) in [5.41, 5.74) is 2.03. The van der Waals surface area contributed by atoms with Crippen molar-refractivity contribution in [3.63, 3.8) is 0 Å². The molecular formula is C22H18BrN3O5. The van der Waals surface area contributed by atoms with E-state index in [0.717, 1.165) is 10.0 Å². The van der Waals surface area contributed by atoms with Crippen LogP contribution in [-0.2, 0) is 9.53 Å². The SMILES string of the molecule is Cc1nc(-c2cccc(Br)c2)ccc1C(=O)OC(C)C(=O)Nc1ccccc1[N+](=O)[O-]. The Morgan fingerprint density at radius 1 is 1.13 bits per heavy atom. The minimum atomic E-state index is -1.17. The third kappa shape index (κ3) is 5.32. The second-order valence-corrected chi connectivity index (χ2v) is 7.57. The fourth-order valence-electron chi connectivity index (χ4n) is 2.84. The lowest BCUT2D eigenvalue weighted by molar-refractivity contribution is -0.383. The number of nitrogens with zero attached hydrogens (tertiary/aromatic N) is 2. The summed E-state index contributed by atoms with van der Waals surface area (Å²) < 4.78 is 6.16. The van der Waals surface area contributed by atoms with Gasteiger partial charge in [0.05, 0.1) is 21.9 Å². The summed E-state index contributed by atoms with van der Waals surface area (Å²) in [6.45, 7) is 3.07. The molecule has 1 unspecified atom stereocenters. The van der Waals surface area contributed by atoms with Crippen molar-refractivity contribution in [2.24, 2.45) is 0 Å². The van der Waals surface area contributed by atoms with Gasteiger partial charge >= 0.3 is 5.97 Å². The Balaban J connectivity index is 1.71. The quantitative estimate of drug-likeness (QED) is 0.302. The maximum Gasteiger partial charge on any atom is 0.340 e. The van der Waals surface area contributed by atoms with Crippen molar-refractivity contribution in [2.45, 2.75) is 20.0 Å². The van der Waals surface area contributed by atoms with Crippen LogP contribution in [0.25, 0.3) is 11.3 Å². The largest absolute Gasteiger partial charge is 0.449 e. The highest BCUT2D eigenvalue weighted by Gasteiger charge is 2.23. The first kappa shape index (κ1) is 22.1. The number of nitrogens with one attached hydrogen (secondary N) is 1. The second kappa shape index (κ2) is 9.48. The first-order valence-corrected chi connectivity index (χ1v) is 10.0. The Bertz CT molecular complexity index is 1170. The van der Waals surface area contributed by atoms with Crippen LogP contribution >= 0.6 is 15.9 Å². The average Bonchev–Trinajstić information content (AvgIpc) is 2.73. The van der Waals surface area contributed by atoms with Gasteiger partial charge in [-0.25, -0.2) is 4.79 Å². The number of aromatic nitrogens is 1. The molecule has 1 heterocycles. The predicted molar refractivity (Wildman–Crippen MR) is 119 cm³/mol. The lowest BCUT2D eigenvalue weighted by atomic mass is 10.1. The van der Waals surface area contributed by atoms with Crippen molar-refractivity contribution in [3.05, 3.63) is 86.5 Å². The highest BCUT2D eigenvalue weighted by atomic mass is 79.9. The standard InChI is InChI=1S/C22H18BrN3O5/c1-13-17(10-11-18(24-13)15-6-5-7-16(23)12-15)22(28)31-14(2)21(27)25-19-8-3-4-9-20(19)26(29)30/h3-12,14H,1-2H3,(H,25,27). The van der Waals surface area contributed by atoms with Crippen molar-refractivity contribution in [2.75, 3.05) is 5.32 Å². The minimum absolute atomic E-state index is 0.0246. The van der Waals surface area contributed by atoms with Crippen LogP contribution in [0.15, 0.2) is 65.1 Å². The van der Waals surface area contributed by atoms with Gasteiger partial charge in [-0.15, -0.1) is 0 Å². The molecule has 2 aromatic carbocycles. The zero-order valence-corrected chi connectivity index (χ0v) is 18.3. The number of anilines is 1. The molecule has 0 aliphatic rings. The van der Waals surface area contributed by atoms with E-state index in [2.05, 4.69) is 26.2 Å². The fraction of sp³-hybridized carbons (Fsp3) is 0.136. The average molecular weight is 484 g/mol. The highest BCUT2D eigenvalue weighted by molar-refractivity contribution is 9.10. The third-order valence-electron chi connectivity index (χ3n) is 4.44. The molecule has 1 aromatic heterocycles. The Kier molecular flexibility index (Phi) is 6.76. The number of nitro benzene ring substituents is 1. The van der Waals surface area contributed by atoms with Gasteiger partial charge in [-0.2, -0.15) is 0 Å². The molecule has 1 atom stereocenters. The molecule has 0 bridgehead atoms. The molecule has 31 heavy (non-hydrogen) atoms. The zero-order chi connectivity index (χ0) is 22.5. The maximum absolute atomic E-state index is 12.6. The fourth-order valence-corrected chi connectivity index (χ4v) is 3.24. The maximum atomic E-state index is 12.6. The molecule has 1 amide bonds. The molecule has 0 radical (unpaired) electrons. The number of aryl methyl sites for hydroxylation is 1. The molecule has 0 saturated heterocycles. The summed E-state index contributed by atoms with van der Waals surface area (Å²) in [7, 11) is 0. The van der Waals surface area contributed by atoms with E-state index in [1.807, 2.05) is 24.3 Å². The topological polar surface area (TPSA) is 111 Å². The summed E-state index contributed by atoms with van der Waals surface area (Å²) in [5, 5.41) is 13.5. The predicted octanol–water partition coefficient (Wildman–Crippen LogP) is 4.91. The smallest absolute Gasteiger partial charge is 0.340 e. The van der Waals surface area contributed by atoms with Crippen LogP contribution in [0.4, 0.5) is 11.4 Å². The Labute approximate surface area is 186 Å². The molecule has 0 aliphatic carbocycles. The Morgan fingerprint density at radius 2 is 1.87 bits per heavy atom. The summed E-state index contributed by atoms with van der Waals surface area (Å²) in [5.74, 6) is -1.39. The van der Waals surface area contributed by atoms with Gasteiger partial charge in [0.15, 0.2) is 6.10 Å². The lowest BCUT2D eigenvalue weighted by Gasteiger charge is -2.14. The first-order chi connectivity index (χ1) is 14.8. The minimum Gasteiger partial charge on any atom is -0.449 e. The second-order valence-electron chi connectivity index (χ2n) is 6.65. The van der Waals surface area contributed by atoms with E-state index >= 15 is 0 Å². The first-order valence-electron chi connectivity index (χ1n) is 9.25. The zero-order valence-electron chi connectivity index (χ0n) is 16.7. The van der Waals surface area contributed by atoms with E-state index in [4.69, 9.17) is 4.74 Å². The lowest BCUT2D eigenvalue weighted by Crippen LogP contribution is -2.30. The number of hydrogen-bond donors (Lipinski definition) is 1. The number of carbonyl (C=O) groups excluding carboxylic acids is 2. The molecule has 3 aromatic rings. The van der Waals surface area contributed by atoms with Crippen LogP contribution in [0.2, 0.25) is 0 Å². The number of halogens is 1. The van der Waals surface area contributed by atoms with Crippen LogP contribution in [0, 0.1) is 17.0 Å². The van der Waals surface area contributed by atoms with Crippen molar-refractivity contribution in [3.8, 4) is 11.3 Å². The molecule has 8 nitrogen and oxygen atoms in total. The molecular weight excluding hydrogens is 466 g/mol. The highest BCUT2D eigenvalue weighted by Crippen LogP contribution is 2.24. The van der Waals surface area contributed by atoms with E-state index in [1.54, 1.807) is 25.1 Å². The van der Waals surface area contributed by atoms with Crippen LogP contribution in [0.1, 0.15) is 23.0 Å². The molecule has 3 rings (SSSR count). The Morgan fingerprint density at radius 3 is 2.55 bits per heavy atom. The molecule has 0 aliphatic heterocycles. The van der Waals surface area contributed by atoms with Gasteiger partial charge in [-0.05, 0) is 44.2 Å². The summed E-state index contributed by atoms with van der Waals surface area (Å²) in [4.78, 5) is 39.9. The normalized spacial score (nSPS) is 11.5. The molecule has 0 fully saturated rings. The van der Waals surface area contributed by atoms with E-state index in [0.29, 0.717) is 11.4 Å². The van der Waals surface area contributed by atoms with E-state index in [-0.39, 0.29) is 16.9 Å². The monoisotopic (exact) mass is 483 g/mol. The van der Waals surface area contributed by atoms with Gasteiger partial charge in [-0.1, -0.05) is 40.2 Å². The third-order valence-corrected chi connectivity index (χ3v) is 4.93. The van der Waals surface area contributed by atoms with Gasteiger partial charge in [0.1, 0.15) is 5.69 Å². The van der Waals surface area contributed by atoms with Crippen molar-refractivity contribution < 1.29 is 19.2 Å². The van der Waals surface area contributed by atoms with Crippen molar-refractivity contribution in [1.29, 1.82) is 0 Å². The molecule has 9 heteroatoms. The number of ether oxygens (including phenoxy) is 1. The number of hydrogen-bond acceptors (Lipinski definition) is 6. The van der Waals surface area contributed by atoms with Gasteiger partial charge in [0.25, 0.3) is 11.6 Å². The number of nitro groups is 1. The number of para-hydroxylation sites is 2. The van der Waals surface area contributed by atoms with E-state index in [9.17, 15) is 19.7 Å². The van der Waals surface area contributed by atoms with Crippen molar-refractivity contribution in [1.82, 2.24) is 4.98 Å². The van der Waals surface area contributed by atoms with Crippen molar-refractivity contribution >= 4 is 39.2 Å². The van der Waals surface area contributed by atoms with Crippen LogP contribution in [0.5, 0.6) is 0 Å². The van der Waals surface area contributed by atoms with Crippen LogP contribution in [-0.4, -0.2) is 27.9 Å². The summed E-state index contributed by atoms with van der Waals surface area (Å²) >= 11 is 3.42.